The molecule has 4 atom stereocenters. The van der Waals surface area contributed by atoms with Crippen molar-refractivity contribution in [2.45, 2.75) is 90.1 Å². The number of unbranched alkanes of at least 4 members (excludes halogenated alkanes) is 3. The Bertz CT molecular complexity index is 880. The second-order valence-electron chi connectivity index (χ2n) is 8.84. The van der Waals surface area contributed by atoms with Crippen LogP contribution in [0.5, 0.6) is 0 Å². The van der Waals surface area contributed by atoms with E-state index < -0.39 is 11.7 Å². The lowest BCUT2D eigenvalue weighted by Gasteiger charge is -2.35. The molecule has 33 heavy (non-hydrogen) atoms. The van der Waals surface area contributed by atoms with Crippen LogP contribution >= 0.6 is 15.9 Å². The van der Waals surface area contributed by atoms with Crippen LogP contribution in [0, 0.1) is 0 Å². The van der Waals surface area contributed by atoms with Crippen LogP contribution in [0.2, 0.25) is 0 Å². The summed E-state index contributed by atoms with van der Waals surface area (Å²) in [6, 6.07) is 2.00. The van der Waals surface area contributed by atoms with Gasteiger partial charge < -0.3 is 24.7 Å². The smallest absolute Gasteiger partial charge is 0.152 e. The number of nitrogens with two attached hydrogens (primary N) is 1. The summed E-state index contributed by atoms with van der Waals surface area (Å²) in [7, 11) is 0. The summed E-state index contributed by atoms with van der Waals surface area (Å²) in [6.45, 7) is 11.0. The molecule has 0 bridgehead atoms. The first kappa shape index (κ1) is 26.3. The van der Waals surface area contributed by atoms with Crippen LogP contribution in [0.1, 0.15) is 78.0 Å². The van der Waals surface area contributed by atoms with Crippen LogP contribution in [0.4, 0.5) is 5.82 Å². The summed E-state index contributed by atoms with van der Waals surface area (Å²) in [5.74, 6) is 0.407. The zero-order chi connectivity index (χ0) is 23.8. The van der Waals surface area contributed by atoms with Gasteiger partial charge in [0, 0.05) is 24.3 Å². The molecule has 1 aliphatic rings. The maximum Gasteiger partial charge on any atom is 0.152 e. The van der Waals surface area contributed by atoms with Gasteiger partial charge in [0.1, 0.15) is 35.8 Å². The molecule has 3 rings (SSSR count). The van der Waals surface area contributed by atoms with E-state index in [1.807, 2.05) is 6.07 Å². The molecular formula is C24H39BrN4O4. The van der Waals surface area contributed by atoms with E-state index in [1.54, 1.807) is 4.52 Å². The topological polar surface area (TPSA) is 93.1 Å². The second kappa shape index (κ2) is 12.4. The Balaban J connectivity index is 1.98. The molecule has 2 aromatic heterocycles. The molecule has 0 radical (unpaired) electrons. The monoisotopic (exact) mass is 526 g/mol. The molecule has 2 aromatic rings. The fourth-order valence-corrected chi connectivity index (χ4v) is 4.90. The molecule has 2 N–H and O–H groups in total. The normalized spacial score (nSPS) is 25.3. The first-order valence-corrected chi connectivity index (χ1v) is 13.0. The summed E-state index contributed by atoms with van der Waals surface area (Å²) in [5, 5.41) is 4.47. The van der Waals surface area contributed by atoms with Gasteiger partial charge in [0.15, 0.2) is 5.82 Å². The zero-order valence-electron chi connectivity index (χ0n) is 20.4. The Kier molecular flexibility index (Phi) is 9.94. The molecular weight excluding hydrogens is 488 g/mol. The predicted octanol–water partition coefficient (Wildman–Crippen LogP) is 5.09. The minimum atomic E-state index is -0.713. The van der Waals surface area contributed by atoms with E-state index >= 15 is 0 Å². The summed E-state index contributed by atoms with van der Waals surface area (Å²) < 4.78 is 28.3. The molecule has 8 nitrogen and oxygen atoms in total. The number of ether oxygens (including phenoxy) is 4. The number of fused-ring (bicyclic) bond motifs is 1. The van der Waals surface area contributed by atoms with Gasteiger partial charge in [-0.1, -0.05) is 40.0 Å². The van der Waals surface area contributed by atoms with E-state index in [-0.39, 0.29) is 12.2 Å². The van der Waals surface area contributed by atoms with E-state index in [2.05, 4.69) is 53.7 Å². The van der Waals surface area contributed by atoms with Crippen LogP contribution in [-0.2, 0) is 18.9 Å². The van der Waals surface area contributed by atoms with Gasteiger partial charge >= 0.3 is 0 Å². The molecule has 0 unspecified atom stereocenters. The van der Waals surface area contributed by atoms with E-state index in [4.69, 9.17) is 24.7 Å². The third-order valence-corrected chi connectivity index (χ3v) is 6.80. The highest BCUT2D eigenvalue weighted by Gasteiger charge is 2.57. The molecule has 1 fully saturated rings. The fraction of sp³-hybridized carbons (Fsp3) is 0.750. The van der Waals surface area contributed by atoms with Crippen LogP contribution < -0.4 is 5.73 Å². The molecule has 0 amide bonds. The van der Waals surface area contributed by atoms with Gasteiger partial charge in [-0.2, -0.15) is 5.10 Å². The number of rotatable bonds is 14. The molecule has 1 aliphatic heterocycles. The lowest BCUT2D eigenvalue weighted by molar-refractivity contribution is -0.138. The van der Waals surface area contributed by atoms with Crippen molar-refractivity contribution in [3.8, 4) is 0 Å². The fourth-order valence-electron chi connectivity index (χ4n) is 4.29. The third kappa shape index (κ3) is 5.88. The highest BCUT2D eigenvalue weighted by Crippen LogP contribution is 2.47. The van der Waals surface area contributed by atoms with Crippen molar-refractivity contribution in [3.05, 3.63) is 22.6 Å². The summed E-state index contributed by atoms with van der Waals surface area (Å²) in [5.41, 5.74) is 7.01. The van der Waals surface area contributed by atoms with Crippen molar-refractivity contribution >= 4 is 27.3 Å². The SMILES string of the molecule is CCCCOC[C@H]1O[C@@H](c2cc(Br)c3c(N)ncnn23)[C@](C)(OCCCC)[C@@H]1OCCCC. The first-order valence-electron chi connectivity index (χ1n) is 12.2. The van der Waals surface area contributed by atoms with Gasteiger partial charge in [-0.25, -0.2) is 9.50 Å². The van der Waals surface area contributed by atoms with Gasteiger partial charge in [0.25, 0.3) is 0 Å². The third-order valence-electron chi connectivity index (χ3n) is 6.20. The van der Waals surface area contributed by atoms with E-state index in [1.165, 1.54) is 6.33 Å². The number of anilines is 1. The maximum absolute atomic E-state index is 6.66. The minimum Gasteiger partial charge on any atom is -0.382 e. The molecule has 186 valence electrons. The van der Waals surface area contributed by atoms with Crippen molar-refractivity contribution in [2.75, 3.05) is 32.2 Å². The maximum atomic E-state index is 6.66. The van der Waals surface area contributed by atoms with Gasteiger partial charge in [-0.3, -0.25) is 0 Å². The highest BCUT2D eigenvalue weighted by molar-refractivity contribution is 9.10. The van der Waals surface area contributed by atoms with Crippen LogP contribution in [-0.4, -0.2) is 58.8 Å². The van der Waals surface area contributed by atoms with Crippen molar-refractivity contribution < 1.29 is 18.9 Å². The number of hydrogen-bond acceptors (Lipinski definition) is 7. The standard InChI is InChI=1S/C24H39BrN4O4/c1-5-8-11-30-15-19-22(31-12-9-6-2)24(4,32-13-10-7-3)21(33-19)18-14-17(25)20-23(26)27-16-28-29(18)20/h14,16,19,21-22H,5-13,15H2,1-4H3,(H2,26,27,28)/t19-,21+,22-,24+/m1/s1. The quantitative estimate of drug-likeness (QED) is 0.342. The summed E-state index contributed by atoms with van der Waals surface area (Å²) in [6.07, 6.45) is 6.72. The molecule has 3 heterocycles. The van der Waals surface area contributed by atoms with Crippen LogP contribution in [0.3, 0.4) is 0 Å². The Labute approximate surface area is 205 Å². The lowest BCUT2D eigenvalue weighted by atomic mass is 9.90. The Morgan fingerprint density at radius 3 is 2.55 bits per heavy atom. The number of hydrogen-bond donors (Lipinski definition) is 1. The Morgan fingerprint density at radius 2 is 1.82 bits per heavy atom. The number of aromatic nitrogens is 3. The molecule has 1 saturated heterocycles. The number of nitrogen functional groups attached to an aromatic ring is 1. The highest BCUT2D eigenvalue weighted by atomic mass is 79.9. The second-order valence-corrected chi connectivity index (χ2v) is 9.69. The van der Waals surface area contributed by atoms with Crippen molar-refractivity contribution in [2.24, 2.45) is 0 Å². The van der Waals surface area contributed by atoms with Gasteiger partial charge in [0.05, 0.1) is 12.3 Å². The molecule has 0 aliphatic carbocycles. The average molecular weight is 528 g/mol. The molecule has 9 heteroatoms. The van der Waals surface area contributed by atoms with Gasteiger partial charge in [0.2, 0.25) is 0 Å². The molecule has 0 aromatic carbocycles. The average Bonchev–Trinajstić information content (AvgIpc) is 3.27. The van der Waals surface area contributed by atoms with Crippen molar-refractivity contribution in [1.82, 2.24) is 14.6 Å². The summed E-state index contributed by atoms with van der Waals surface area (Å²) in [4.78, 5) is 4.14. The minimum absolute atomic E-state index is 0.251. The molecule has 0 saturated carbocycles. The van der Waals surface area contributed by atoms with Crippen molar-refractivity contribution in [3.63, 3.8) is 0 Å². The van der Waals surface area contributed by atoms with Gasteiger partial charge in [-0.05, 0) is 48.2 Å². The Hall–Kier alpha value is -1.26. The number of nitrogens with zero attached hydrogens (tertiary/aromatic N) is 3. The van der Waals surface area contributed by atoms with Crippen LogP contribution in [0.15, 0.2) is 16.9 Å². The van der Waals surface area contributed by atoms with Crippen molar-refractivity contribution in [1.29, 1.82) is 0 Å². The van der Waals surface area contributed by atoms with E-state index in [0.717, 1.165) is 54.2 Å². The zero-order valence-corrected chi connectivity index (χ0v) is 22.0. The lowest BCUT2D eigenvalue weighted by Crippen LogP contribution is -2.48. The number of halogens is 1. The predicted molar refractivity (Wildman–Crippen MR) is 132 cm³/mol. The van der Waals surface area contributed by atoms with E-state index in [0.29, 0.717) is 32.2 Å². The Morgan fingerprint density at radius 1 is 1.12 bits per heavy atom. The van der Waals surface area contributed by atoms with E-state index in [9.17, 15) is 0 Å². The van der Waals surface area contributed by atoms with Gasteiger partial charge in [-0.15, -0.1) is 0 Å². The summed E-state index contributed by atoms with van der Waals surface area (Å²) >= 11 is 3.62. The molecule has 0 spiro atoms. The first-order chi connectivity index (χ1) is 16.0. The van der Waals surface area contributed by atoms with Crippen LogP contribution in [0.25, 0.3) is 5.52 Å². The largest absolute Gasteiger partial charge is 0.382 e.